The summed E-state index contributed by atoms with van der Waals surface area (Å²) in [7, 11) is 0. The standard InChI is InChI=1S/C16H13N5O5/c1-10-13(6-3-7-14(10)21(24)25)17-9-15-18-16(19-26-15)11-4-2-5-12(8-11)20(22)23/h2-8,17H,9H2,1H3. The van der Waals surface area contributed by atoms with Gasteiger partial charge < -0.3 is 9.84 Å². The summed E-state index contributed by atoms with van der Waals surface area (Å²) in [5.74, 6) is 0.471. The number of hydrogen-bond donors (Lipinski definition) is 1. The van der Waals surface area contributed by atoms with E-state index in [2.05, 4.69) is 15.5 Å². The summed E-state index contributed by atoms with van der Waals surface area (Å²) in [5, 5.41) is 28.6. The molecular formula is C16H13N5O5. The molecule has 0 atom stereocenters. The van der Waals surface area contributed by atoms with Crippen LogP contribution in [0.4, 0.5) is 17.1 Å². The van der Waals surface area contributed by atoms with Crippen molar-refractivity contribution in [3.05, 3.63) is 74.1 Å². The minimum atomic E-state index is -0.503. The number of nitro groups is 2. The fraction of sp³-hybridized carbons (Fsp3) is 0.125. The van der Waals surface area contributed by atoms with E-state index in [1.54, 1.807) is 25.1 Å². The minimum Gasteiger partial charge on any atom is -0.376 e. The summed E-state index contributed by atoms with van der Waals surface area (Å²) in [6, 6.07) is 10.6. The third kappa shape index (κ3) is 3.48. The van der Waals surface area contributed by atoms with Crippen LogP contribution in [0.25, 0.3) is 11.4 Å². The molecule has 26 heavy (non-hydrogen) atoms. The lowest BCUT2D eigenvalue weighted by Crippen LogP contribution is -2.03. The predicted octanol–water partition coefficient (Wildman–Crippen LogP) is 3.47. The van der Waals surface area contributed by atoms with Crippen LogP contribution in [0.2, 0.25) is 0 Å². The van der Waals surface area contributed by atoms with Crippen LogP contribution in [0, 0.1) is 27.2 Å². The molecule has 132 valence electrons. The molecule has 0 aliphatic heterocycles. The van der Waals surface area contributed by atoms with Gasteiger partial charge in [0.15, 0.2) is 0 Å². The SMILES string of the molecule is Cc1c(NCc2nc(-c3cccc([N+](=O)[O-])c3)no2)cccc1[N+](=O)[O-]. The van der Waals surface area contributed by atoms with Crippen molar-refractivity contribution in [2.75, 3.05) is 5.32 Å². The third-order valence-corrected chi connectivity index (χ3v) is 3.72. The lowest BCUT2D eigenvalue weighted by Gasteiger charge is -2.07. The molecule has 0 unspecified atom stereocenters. The number of hydrogen-bond acceptors (Lipinski definition) is 8. The van der Waals surface area contributed by atoms with Crippen LogP contribution in [-0.2, 0) is 6.54 Å². The van der Waals surface area contributed by atoms with Gasteiger partial charge in [0.05, 0.1) is 16.4 Å². The second-order valence-electron chi connectivity index (χ2n) is 5.38. The highest BCUT2D eigenvalue weighted by Crippen LogP contribution is 2.26. The molecule has 10 nitrogen and oxygen atoms in total. The zero-order valence-corrected chi connectivity index (χ0v) is 13.6. The normalized spacial score (nSPS) is 10.5. The Hall–Kier alpha value is -3.82. The van der Waals surface area contributed by atoms with Crippen molar-refractivity contribution in [2.45, 2.75) is 13.5 Å². The highest BCUT2D eigenvalue weighted by Gasteiger charge is 2.15. The number of rotatable bonds is 6. The zero-order valence-electron chi connectivity index (χ0n) is 13.6. The number of non-ortho nitro benzene ring substituents is 1. The Kier molecular flexibility index (Phi) is 4.56. The van der Waals surface area contributed by atoms with Gasteiger partial charge in [0, 0.05) is 35.0 Å². The molecule has 1 heterocycles. The van der Waals surface area contributed by atoms with E-state index in [0.717, 1.165) is 0 Å². The topological polar surface area (TPSA) is 137 Å². The van der Waals surface area contributed by atoms with E-state index in [1.807, 2.05) is 0 Å². The first-order chi connectivity index (χ1) is 12.5. The number of nitrogens with one attached hydrogen (secondary N) is 1. The van der Waals surface area contributed by atoms with Crippen molar-refractivity contribution in [1.82, 2.24) is 10.1 Å². The fourth-order valence-electron chi connectivity index (χ4n) is 2.39. The summed E-state index contributed by atoms with van der Waals surface area (Å²) < 4.78 is 5.13. The van der Waals surface area contributed by atoms with Crippen LogP contribution in [0.1, 0.15) is 11.5 Å². The zero-order chi connectivity index (χ0) is 18.7. The highest BCUT2D eigenvalue weighted by atomic mass is 16.6. The van der Waals surface area contributed by atoms with Gasteiger partial charge in [-0.1, -0.05) is 23.4 Å². The molecule has 0 aliphatic rings. The summed E-state index contributed by atoms with van der Waals surface area (Å²) in [6.07, 6.45) is 0. The molecule has 3 rings (SSSR count). The van der Waals surface area contributed by atoms with Gasteiger partial charge in [-0.15, -0.1) is 0 Å². The molecule has 0 spiro atoms. The molecule has 1 N–H and O–H groups in total. The van der Waals surface area contributed by atoms with Gasteiger partial charge in [0.2, 0.25) is 11.7 Å². The summed E-state index contributed by atoms with van der Waals surface area (Å²) in [4.78, 5) is 25.0. The number of anilines is 1. The first-order valence-corrected chi connectivity index (χ1v) is 7.51. The van der Waals surface area contributed by atoms with Crippen LogP contribution in [-0.4, -0.2) is 20.0 Å². The summed E-state index contributed by atoms with van der Waals surface area (Å²) in [5.41, 5.74) is 1.47. The molecule has 0 radical (unpaired) electrons. The van der Waals surface area contributed by atoms with Gasteiger partial charge in [-0.3, -0.25) is 20.2 Å². The van der Waals surface area contributed by atoms with Gasteiger partial charge in [-0.2, -0.15) is 4.98 Å². The van der Waals surface area contributed by atoms with Crippen molar-refractivity contribution in [1.29, 1.82) is 0 Å². The van der Waals surface area contributed by atoms with E-state index < -0.39 is 9.85 Å². The Morgan fingerprint density at radius 3 is 2.62 bits per heavy atom. The van der Waals surface area contributed by atoms with E-state index in [-0.39, 0.29) is 29.6 Å². The second-order valence-corrected chi connectivity index (χ2v) is 5.38. The molecule has 0 aliphatic carbocycles. The van der Waals surface area contributed by atoms with Crippen LogP contribution in [0.15, 0.2) is 47.0 Å². The van der Waals surface area contributed by atoms with E-state index in [0.29, 0.717) is 16.8 Å². The van der Waals surface area contributed by atoms with Crippen LogP contribution in [0.5, 0.6) is 0 Å². The molecule has 0 saturated carbocycles. The number of aromatic nitrogens is 2. The van der Waals surface area contributed by atoms with Crippen molar-refractivity contribution in [3.8, 4) is 11.4 Å². The van der Waals surface area contributed by atoms with Gasteiger partial charge in [0.25, 0.3) is 11.4 Å². The molecule has 0 bridgehead atoms. The number of nitrogens with zero attached hydrogens (tertiary/aromatic N) is 4. The van der Waals surface area contributed by atoms with Gasteiger partial charge in [0.1, 0.15) is 0 Å². The molecule has 0 amide bonds. The predicted molar refractivity (Wildman–Crippen MR) is 91.5 cm³/mol. The molecule has 1 aromatic heterocycles. The first kappa shape index (κ1) is 17.0. The Labute approximate surface area is 146 Å². The van der Waals surface area contributed by atoms with Crippen molar-refractivity contribution < 1.29 is 14.4 Å². The minimum absolute atomic E-state index is 0.0119. The first-order valence-electron chi connectivity index (χ1n) is 7.51. The monoisotopic (exact) mass is 355 g/mol. The average Bonchev–Trinajstić information content (AvgIpc) is 3.09. The Bertz CT molecular complexity index is 985. The van der Waals surface area contributed by atoms with Crippen molar-refractivity contribution in [2.24, 2.45) is 0 Å². The fourth-order valence-corrected chi connectivity index (χ4v) is 2.39. The van der Waals surface area contributed by atoms with E-state index >= 15 is 0 Å². The lowest BCUT2D eigenvalue weighted by atomic mass is 10.1. The number of nitro benzene ring substituents is 2. The summed E-state index contributed by atoms with van der Waals surface area (Å²) >= 11 is 0. The van der Waals surface area contributed by atoms with Crippen molar-refractivity contribution in [3.63, 3.8) is 0 Å². The highest BCUT2D eigenvalue weighted by molar-refractivity contribution is 5.60. The smallest absolute Gasteiger partial charge is 0.274 e. The molecule has 10 heteroatoms. The largest absolute Gasteiger partial charge is 0.376 e. The Balaban J connectivity index is 1.76. The van der Waals surface area contributed by atoms with Crippen LogP contribution >= 0.6 is 0 Å². The Morgan fingerprint density at radius 2 is 1.88 bits per heavy atom. The average molecular weight is 355 g/mol. The summed E-state index contributed by atoms with van der Waals surface area (Å²) in [6.45, 7) is 1.80. The van der Waals surface area contributed by atoms with Crippen molar-refractivity contribution >= 4 is 17.1 Å². The lowest BCUT2D eigenvalue weighted by molar-refractivity contribution is -0.385. The van der Waals surface area contributed by atoms with Crippen LogP contribution in [0.3, 0.4) is 0 Å². The van der Waals surface area contributed by atoms with E-state index in [9.17, 15) is 20.2 Å². The second kappa shape index (κ2) is 6.97. The molecule has 0 fully saturated rings. The molecule has 3 aromatic rings. The maximum absolute atomic E-state index is 11.0. The Morgan fingerprint density at radius 1 is 1.12 bits per heavy atom. The maximum Gasteiger partial charge on any atom is 0.274 e. The van der Waals surface area contributed by atoms with E-state index in [1.165, 1.54) is 24.3 Å². The van der Waals surface area contributed by atoms with Crippen LogP contribution < -0.4 is 5.32 Å². The van der Waals surface area contributed by atoms with Gasteiger partial charge >= 0.3 is 0 Å². The number of benzene rings is 2. The maximum atomic E-state index is 11.0. The van der Waals surface area contributed by atoms with E-state index in [4.69, 9.17) is 4.52 Å². The molecule has 2 aromatic carbocycles. The van der Waals surface area contributed by atoms with Gasteiger partial charge in [-0.25, -0.2) is 0 Å². The molecule has 0 saturated heterocycles. The quantitative estimate of drug-likeness (QED) is 0.524. The third-order valence-electron chi connectivity index (χ3n) is 3.72. The molecular weight excluding hydrogens is 342 g/mol. The van der Waals surface area contributed by atoms with Gasteiger partial charge in [-0.05, 0) is 13.0 Å².